The van der Waals surface area contributed by atoms with Gasteiger partial charge in [-0.05, 0) is 51.1 Å². The summed E-state index contributed by atoms with van der Waals surface area (Å²) in [4.78, 5) is 5.53. The normalized spacial score (nSPS) is 30.4. The number of nitrogens with one attached hydrogen (secondary N) is 1. The molecular weight excluding hydrogens is 258 g/mol. The smallest absolute Gasteiger partial charge is 0.0223 e. The Bertz CT molecular complexity index is 301. The zero-order valence-corrected chi connectivity index (χ0v) is 14.0. The van der Waals surface area contributed by atoms with Gasteiger partial charge in [-0.25, -0.2) is 0 Å². The maximum atomic E-state index is 3.88. The molecule has 2 heterocycles. The third-order valence-corrected chi connectivity index (χ3v) is 6.00. The van der Waals surface area contributed by atoms with Crippen molar-refractivity contribution in [3.8, 4) is 0 Å². The molecule has 0 bridgehead atoms. The van der Waals surface area contributed by atoms with E-state index < -0.39 is 0 Å². The Labute approximate surface area is 131 Å². The van der Waals surface area contributed by atoms with Gasteiger partial charge in [0.2, 0.25) is 0 Å². The van der Waals surface area contributed by atoms with Crippen molar-refractivity contribution in [2.75, 3.05) is 39.3 Å². The summed E-state index contributed by atoms with van der Waals surface area (Å²) in [6, 6.07) is 1.62. The molecule has 0 aromatic rings. The molecular formula is C18H35N3. The van der Waals surface area contributed by atoms with E-state index in [1.54, 1.807) is 0 Å². The highest BCUT2D eigenvalue weighted by atomic mass is 15.3. The van der Waals surface area contributed by atoms with Crippen molar-refractivity contribution in [2.24, 2.45) is 5.92 Å². The molecule has 0 radical (unpaired) electrons. The summed E-state index contributed by atoms with van der Waals surface area (Å²) in [5.74, 6) is 0.945. The SMILES string of the molecule is CCCNC(CN1CCN2CCCCC2C1)C1CCCC1. The second-order valence-corrected chi connectivity index (χ2v) is 7.55. The van der Waals surface area contributed by atoms with E-state index in [1.165, 1.54) is 90.6 Å². The third kappa shape index (κ3) is 4.20. The first kappa shape index (κ1) is 15.8. The third-order valence-electron chi connectivity index (χ3n) is 6.00. The molecule has 3 heteroatoms. The molecule has 21 heavy (non-hydrogen) atoms. The van der Waals surface area contributed by atoms with Gasteiger partial charge in [-0.15, -0.1) is 0 Å². The van der Waals surface area contributed by atoms with Crippen LogP contribution in [0.2, 0.25) is 0 Å². The molecule has 1 saturated carbocycles. The summed E-state index contributed by atoms with van der Waals surface area (Å²) in [5, 5.41) is 3.88. The number of hydrogen-bond donors (Lipinski definition) is 1. The maximum Gasteiger partial charge on any atom is 0.0223 e. The molecule has 0 spiro atoms. The van der Waals surface area contributed by atoms with E-state index in [0.717, 1.165) is 18.0 Å². The molecule has 122 valence electrons. The predicted octanol–water partition coefficient (Wildman–Crippen LogP) is 2.71. The van der Waals surface area contributed by atoms with Crippen molar-refractivity contribution >= 4 is 0 Å². The Morgan fingerprint density at radius 1 is 1.00 bits per heavy atom. The van der Waals surface area contributed by atoms with E-state index >= 15 is 0 Å². The van der Waals surface area contributed by atoms with E-state index in [-0.39, 0.29) is 0 Å². The predicted molar refractivity (Wildman–Crippen MR) is 89.7 cm³/mol. The van der Waals surface area contributed by atoms with Gasteiger partial charge in [0, 0.05) is 38.3 Å². The zero-order valence-electron chi connectivity index (χ0n) is 14.0. The summed E-state index contributed by atoms with van der Waals surface area (Å²) in [5.41, 5.74) is 0. The summed E-state index contributed by atoms with van der Waals surface area (Å²) in [6.07, 6.45) is 11.4. The van der Waals surface area contributed by atoms with Crippen LogP contribution in [0.25, 0.3) is 0 Å². The van der Waals surface area contributed by atoms with Gasteiger partial charge < -0.3 is 5.32 Å². The fourth-order valence-corrected chi connectivity index (χ4v) is 4.73. The molecule has 3 nitrogen and oxygen atoms in total. The van der Waals surface area contributed by atoms with Gasteiger partial charge in [0.25, 0.3) is 0 Å². The number of fused-ring (bicyclic) bond motifs is 1. The van der Waals surface area contributed by atoms with Gasteiger partial charge in [-0.3, -0.25) is 9.80 Å². The summed E-state index contributed by atoms with van der Waals surface area (Å²) in [6.45, 7) is 10.1. The van der Waals surface area contributed by atoms with Crippen LogP contribution in [0.1, 0.15) is 58.3 Å². The van der Waals surface area contributed by atoms with E-state index in [1.807, 2.05) is 0 Å². The summed E-state index contributed by atoms with van der Waals surface area (Å²) < 4.78 is 0. The Kier molecular flexibility index (Phi) is 5.96. The molecule has 3 aliphatic rings. The largest absolute Gasteiger partial charge is 0.312 e. The zero-order chi connectivity index (χ0) is 14.5. The van der Waals surface area contributed by atoms with Crippen molar-refractivity contribution in [3.63, 3.8) is 0 Å². The van der Waals surface area contributed by atoms with Crippen molar-refractivity contribution in [2.45, 2.75) is 70.4 Å². The highest BCUT2D eigenvalue weighted by Gasteiger charge is 2.32. The molecule has 2 saturated heterocycles. The van der Waals surface area contributed by atoms with Gasteiger partial charge in [0.15, 0.2) is 0 Å². The maximum absolute atomic E-state index is 3.88. The lowest BCUT2D eigenvalue weighted by Gasteiger charge is -2.45. The first-order valence-corrected chi connectivity index (χ1v) is 9.56. The quantitative estimate of drug-likeness (QED) is 0.812. The van der Waals surface area contributed by atoms with E-state index in [9.17, 15) is 0 Å². The minimum atomic E-state index is 0.752. The summed E-state index contributed by atoms with van der Waals surface area (Å²) >= 11 is 0. The standard InChI is InChI=1S/C18H35N3/c1-2-10-19-18(16-7-3-4-8-16)15-20-12-13-21-11-6-5-9-17(21)14-20/h16-19H,2-15H2,1H3. The van der Waals surface area contributed by atoms with Gasteiger partial charge in [-0.2, -0.15) is 0 Å². The monoisotopic (exact) mass is 293 g/mol. The highest BCUT2D eigenvalue weighted by molar-refractivity contribution is 4.89. The van der Waals surface area contributed by atoms with Crippen LogP contribution in [-0.4, -0.2) is 61.2 Å². The van der Waals surface area contributed by atoms with Gasteiger partial charge >= 0.3 is 0 Å². The fourth-order valence-electron chi connectivity index (χ4n) is 4.73. The highest BCUT2D eigenvalue weighted by Crippen LogP contribution is 2.29. The Hall–Kier alpha value is -0.120. The van der Waals surface area contributed by atoms with Crippen molar-refractivity contribution < 1.29 is 0 Å². The second-order valence-electron chi connectivity index (χ2n) is 7.55. The Balaban J connectivity index is 1.52. The fraction of sp³-hybridized carbons (Fsp3) is 1.00. The first-order chi connectivity index (χ1) is 10.4. The van der Waals surface area contributed by atoms with Crippen molar-refractivity contribution in [1.82, 2.24) is 15.1 Å². The number of rotatable bonds is 6. The lowest BCUT2D eigenvalue weighted by Crippen LogP contribution is -2.57. The molecule has 2 atom stereocenters. The number of nitrogens with zero attached hydrogens (tertiary/aromatic N) is 2. The van der Waals surface area contributed by atoms with Crippen LogP contribution in [0.5, 0.6) is 0 Å². The van der Waals surface area contributed by atoms with Crippen LogP contribution in [-0.2, 0) is 0 Å². The number of hydrogen-bond acceptors (Lipinski definition) is 3. The van der Waals surface area contributed by atoms with Gasteiger partial charge in [-0.1, -0.05) is 26.2 Å². The van der Waals surface area contributed by atoms with Crippen molar-refractivity contribution in [3.05, 3.63) is 0 Å². The summed E-state index contributed by atoms with van der Waals surface area (Å²) in [7, 11) is 0. The first-order valence-electron chi connectivity index (χ1n) is 9.56. The van der Waals surface area contributed by atoms with Gasteiger partial charge in [0.05, 0.1) is 0 Å². The van der Waals surface area contributed by atoms with Crippen LogP contribution in [0.3, 0.4) is 0 Å². The lowest BCUT2D eigenvalue weighted by molar-refractivity contribution is 0.0411. The molecule has 2 unspecified atom stereocenters. The number of piperazine rings is 1. The molecule has 1 aliphatic carbocycles. The van der Waals surface area contributed by atoms with Crippen LogP contribution in [0.4, 0.5) is 0 Å². The second kappa shape index (κ2) is 7.94. The van der Waals surface area contributed by atoms with Crippen LogP contribution in [0.15, 0.2) is 0 Å². The minimum absolute atomic E-state index is 0.752. The number of piperidine rings is 1. The molecule has 1 N–H and O–H groups in total. The van der Waals surface area contributed by atoms with Crippen LogP contribution in [0, 0.1) is 5.92 Å². The minimum Gasteiger partial charge on any atom is -0.312 e. The molecule has 2 aliphatic heterocycles. The average molecular weight is 293 g/mol. The topological polar surface area (TPSA) is 18.5 Å². The Morgan fingerprint density at radius 3 is 2.62 bits per heavy atom. The molecule has 0 aromatic carbocycles. The average Bonchev–Trinajstić information content (AvgIpc) is 3.05. The molecule has 0 amide bonds. The van der Waals surface area contributed by atoms with Gasteiger partial charge in [0.1, 0.15) is 0 Å². The van der Waals surface area contributed by atoms with Crippen LogP contribution < -0.4 is 5.32 Å². The van der Waals surface area contributed by atoms with Crippen molar-refractivity contribution in [1.29, 1.82) is 0 Å². The Morgan fingerprint density at radius 2 is 1.81 bits per heavy atom. The van der Waals surface area contributed by atoms with Crippen LogP contribution >= 0.6 is 0 Å². The van der Waals surface area contributed by atoms with E-state index in [4.69, 9.17) is 0 Å². The molecule has 3 fully saturated rings. The lowest BCUT2D eigenvalue weighted by atomic mass is 9.95. The van der Waals surface area contributed by atoms with E-state index in [2.05, 4.69) is 22.0 Å². The molecule has 3 rings (SSSR count). The molecule has 0 aromatic heterocycles. The van der Waals surface area contributed by atoms with E-state index in [0.29, 0.717) is 0 Å².